The molecule has 3 fully saturated rings. The molecule has 1 amide bonds. The Kier molecular flexibility index (Phi) is 5.74. The lowest BCUT2D eigenvalue weighted by Gasteiger charge is -2.35. The molecule has 3 aromatic rings. The molecule has 1 aromatic carbocycles. The summed E-state index contributed by atoms with van der Waals surface area (Å²) in [5, 5.41) is 0. The van der Waals surface area contributed by atoms with Gasteiger partial charge in [0.1, 0.15) is 5.82 Å². The number of hydrogen-bond donors (Lipinski definition) is 1. The van der Waals surface area contributed by atoms with Gasteiger partial charge in [0.2, 0.25) is 0 Å². The van der Waals surface area contributed by atoms with Gasteiger partial charge in [-0.25, -0.2) is 19.0 Å². The van der Waals surface area contributed by atoms with Gasteiger partial charge in [0.15, 0.2) is 28.5 Å². The van der Waals surface area contributed by atoms with Crippen LogP contribution in [0.2, 0.25) is 0 Å². The molecule has 0 saturated heterocycles. The Bertz CT molecular complexity index is 1570. The number of benzene rings is 1. The minimum absolute atomic E-state index is 0.0188. The molecule has 0 atom stereocenters. The van der Waals surface area contributed by atoms with Crippen molar-refractivity contribution in [1.82, 2.24) is 24.0 Å². The summed E-state index contributed by atoms with van der Waals surface area (Å²) < 4.78 is 27.1. The first-order chi connectivity index (χ1) is 17.9. The number of aromatic nitrogens is 4. The van der Waals surface area contributed by atoms with E-state index < -0.39 is 11.9 Å². The third-order valence-electron chi connectivity index (χ3n) is 7.11. The van der Waals surface area contributed by atoms with Crippen LogP contribution in [0.3, 0.4) is 0 Å². The summed E-state index contributed by atoms with van der Waals surface area (Å²) >= 11 is 0. The molecule has 0 bridgehead atoms. The first kappa shape index (κ1) is 23.3. The van der Waals surface area contributed by atoms with E-state index in [9.17, 15) is 18.8 Å². The summed E-state index contributed by atoms with van der Waals surface area (Å²) in [5.74, 6) is 5.87. The van der Waals surface area contributed by atoms with Crippen LogP contribution < -0.4 is 20.7 Å². The van der Waals surface area contributed by atoms with Crippen LogP contribution in [0.5, 0.6) is 11.5 Å². The van der Waals surface area contributed by atoms with Crippen molar-refractivity contribution in [3.63, 3.8) is 0 Å². The number of aromatic amines is 1. The van der Waals surface area contributed by atoms with Crippen molar-refractivity contribution in [1.29, 1.82) is 0 Å². The number of hydrogen-bond acceptors (Lipinski definition) is 6. The molecule has 192 valence electrons. The minimum atomic E-state index is -0.608. The van der Waals surface area contributed by atoms with E-state index in [2.05, 4.69) is 21.8 Å². The number of H-pyrrole nitrogens is 1. The van der Waals surface area contributed by atoms with Crippen LogP contribution in [-0.2, 0) is 0 Å². The number of amides is 1. The molecule has 11 heteroatoms. The number of nitrogens with zero attached hydrogens (tertiary/aromatic N) is 4. The predicted octanol–water partition coefficient (Wildman–Crippen LogP) is 3.11. The molecule has 0 aliphatic heterocycles. The standard InChI is InChI=1S/C26H26FN5O5/c1-36-20-14-15(27)7-12-19(20)37-26(35)30(16-4-2-5-16)13-3-6-21-28-22-23(29-21)31(17-8-9-17)25(34)32(24(22)33)18-10-11-18/h7,12,14,16-18H,2,4-5,8-11,13H2,1H3,(H,28,29). The Labute approximate surface area is 211 Å². The number of fused-ring (bicyclic) bond motifs is 1. The van der Waals surface area contributed by atoms with Gasteiger partial charge in [0.25, 0.3) is 5.56 Å². The molecule has 6 rings (SSSR count). The number of halogens is 1. The smallest absolute Gasteiger partial charge is 0.416 e. The SMILES string of the molecule is COc1cc(F)ccc1OC(=O)N(CC#Cc1nc2c([nH]1)c(=O)n(C1CC1)c(=O)n2C1CC1)C1CCC1. The highest BCUT2D eigenvalue weighted by molar-refractivity contribution is 5.73. The van der Waals surface area contributed by atoms with Crippen molar-refractivity contribution in [2.24, 2.45) is 0 Å². The Balaban J connectivity index is 1.26. The van der Waals surface area contributed by atoms with Gasteiger partial charge in [0.05, 0.1) is 13.7 Å². The first-order valence-electron chi connectivity index (χ1n) is 12.5. The van der Waals surface area contributed by atoms with Gasteiger partial charge in [-0.2, -0.15) is 0 Å². The normalized spacial score (nSPS) is 17.1. The predicted molar refractivity (Wildman–Crippen MR) is 131 cm³/mol. The van der Waals surface area contributed by atoms with Gasteiger partial charge >= 0.3 is 11.8 Å². The van der Waals surface area contributed by atoms with E-state index in [1.54, 1.807) is 4.57 Å². The molecule has 0 unspecified atom stereocenters. The number of nitrogens with one attached hydrogen (secondary N) is 1. The summed E-state index contributed by atoms with van der Waals surface area (Å²) in [4.78, 5) is 48.0. The van der Waals surface area contributed by atoms with Gasteiger partial charge in [0, 0.05) is 24.2 Å². The van der Waals surface area contributed by atoms with E-state index in [0.717, 1.165) is 51.0 Å². The number of carbonyl (C=O) groups excluding carboxylic acids is 1. The number of rotatable bonds is 6. The highest BCUT2D eigenvalue weighted by Gasteiger charge is 2.34. The second kappa shape index (κ2) is 9.10. The van der Waals surface area contributed by atoms with E-state index in [-0.39, 0.29) is 58.8 Å². The molecule has 10 nitrogen and oxygen atoms in total. The summed E-state index contributed by atoms with van der Waals surface area (Å²) in [6.07, 6.45) is 5.45. The van der Waals surface area contributed by atoms with Crippen LogP contribution in [0.4, 0.5) is 9.18 Å². The highest BCUT2D eigenvalue weighted by atomic mass is 19.1. The van der Waals surface area contributed by atoms with Crippen LogP contribution >= 0.6 is 0 Å². The summed E-state index contributed by atoms with van der Waals surface area (Å²) in [6.45, 7) is 0.0752. The second-order valence-corrected chi connectivity index (χ2v) is 9.75. The van der Waals surface area contributed by atoms with Crippen molar-refractivity contribution in [2.75, 3.05) is 13.7 Å². The lowest BCUT2D eigenvalue weighted by atomic mass is 9.92. The molecular weight excluding hydrogens is 481 g/mol. The van der Waals surface area contributed by atoms with Crippen LogP contribution in [0, 0.1) is 17.7 Å². The molecule has 2 aromatic heterocycles. The Morgan fingerprint density at radius 2 is 1.86 bits per heavy atom. The Morgan fingerprint density at radius 1 is 1.14 bits per heavy atom. The van der Waals surface area contributed by atoms with Gasteiger partial charge in [-0.05, 0) is 63.0 Å². The fraction of sp³-hybridized carbons (Fsp3) is 0.462. The van der Waals surface area contributed by atoms with Crippen molar-refractivity contribution in [3.8, 4) is 23.3 Å². The zero-order chi connectivity index (χ0) is 25.7. The summed E-state index contributed by atoms with van der Waals surface area (Å²) in [6, 6.07) is 3.67. The highest BCUT2D eigenvalue weighted by Crippen LogP contribution is 2.37. The zero-order valence-electron chi connectivity index (χ0n) is 20.3. The van der Waals surface area contributed by atoms with Crippen molar-refractivity contribution in [2.45, 2.75) is 63.1 Å². The van der Waals surface area contributed by atoms with E-state index >= 15 is 0 Å². The molecule has 1 N–H and O–H groups in total. The maximum atomic E-state index is 13.5. The summed E-state index contributed by atoms with van der Waals surface area (Å²) in [7, 11) is 1.37. The fourth-order valence-electron chi connectivity index (χ4n) is 4.61. The third kappa shape index (κ3) is 4.37. The Morgan fingerprint density at radius 3 is 2.51 bits per heavy atom. The maximum absolute atomic E-state index is 13.5. The van der Waals surface area contributed by atoms with Crippen LogP contribution in [0.1, 0.15) is 62.9 Å². The molecule has 3 aliphatic carbocycles. The topological polar surface area (TPSA) is 111 Å². The average molecular weight is 508 g/mol. The van der Waals surface area contributed by atoms with Gasteiger partial charge in [-0.3, -0.25) is 18.8 Å². The number of carbonyl (C=O) groups is 1. The molecule has 3 saturated carbocycles. The monoisotopic (exact) mass is 507 g/mol. The van der Waals surface area contributed by atoms with Crippen LogP contribution in [-0.4, -0.2) is 49.8 Å². The summed E-state index contributed by atoms with van der Waals surface area (Å²) in [5.41, 5.74) is -0.0600. The molecule has 0 spiro atoms. The number of ether oxygens (including phenoxy) is 2. The van der Waals surface area contributed by atoms with E-state index in [4.69, 9.17) is 9.47 Å². The molecule has 3 aliphatic rings. The van der Waals surface area contributed by atoms with Crippen LogP contribution in [0.25, 0.3) is 11.2 Å². The minimum Gasteiger partial charge on any atom is -0.493 e. The third-order valence-corrected chi connectivity index (χ3v) is 7.11. The number of methoxy groups -OCH3 is 1. The van der Waals surface area contributed by atoms with E-state index in [1.165, 1.54) is 28.7 Å². The molecule has 37 heavy (non-hydrogen) atoms. The van der Waals surface area contributed by atoms with Gasteiger partial charge < -0.3 is 14.5 Å². The van der Waals surface area contributed by atoms with Crippen molar-refractivity contribution >= 4 is 17.3 Å². The van der Waals surface area contributed by atoms with E-state index in [1.807, 2.05) is 0 Å². The van der Waals surface area contributed by atoms with Crippen molar-refractivity contribution < 1.29 is 18.7 Å². The molecule has 0 radical (unpaired) electrons. The second-order valence-electron chi connectivity index (χ2n) is 9.75. The van der Waals surface area contributed by atoms with Crippen LogP contribution in [0.15, 0.2) is 27.8 Å². The first-order valence-corrected chi connectivity index (χ1v) is 12.5. The zero-order valence-corrected chi connectivity index (χ0v) is 20.3. The lowest BCUT2D eigenvalue weighted by Crippen LogP contribution is -2.45. The average Bonchev–Trinajstić information content (AvgIpc) is 3.77. The fourth-order valence-corrected chi connectivity index (χ4v) is 4.61. The lowest BCUT2D eigenvalue weighted by molar-refractivity contribution is 0.111. The van der Waals surface area contributed by atoms with Gasteiger partial charge in [-0.15, -0.1) is 0 Å². The molecule has 2 heterocycles. The largest absolute Gasteiger partial charge is 0.493 e. The Hall–Kier alpha value is -4.07. The molecular formula is C26H26FN5O5. The quantitative estimate of drug-likeness (QED) is 0.514. The van der Waals surface area contributed by atoms with Crippen molar-refractivity contribution in [3.05, 3.63) is 50.7 Å². The van der Waals surface area contributed by atoms with Gasteiger partial charge in [-0.1, -0.05) is 5.92 Å². The number of imidazole rings is 1. The van der Waals surface area contributed by atoms with E-state index in [0.29, 0.717) is 5.65 Å². The maximum Gasteiger partial charge on any atom is 0.416 e.